The zero-order valence-electron chi connectivity index (χ0n) is 19.4. The predicted molar refractivity (Wildman–Crippen MR) is 127 cm³/mol. The molecule has 2 aromatic carbocycles. The molecule has 1 amide bonds. The van der Waals surface area contributed by atoms with Crippen LogP contribution in [0, 0.1) is 29.2 Å². The fourth-order valence-electron chi connectivity index (χ4n) is 4.63. The number of hydrogen-bond acceptors (Lipinski definition) is 4. The van der Waals surface area contributed by atoms with Crippen LogP contribution < -0.4 is 15.5 Å². The standard InChI is InChI=1S/C26H26F4N4O/c1-3-32-16-11-15(2)13-34(14-16)22-9-10-31-12-21(22)33-26(35)17-7-8-20(29)24(25(17)30)23-18(27)5-4-6-19(23)28/h4-10,12,15-16,32H,3,11,13-14H2,1-2H3,(H,33,35)/t15-,16+/m1/s1. The number of amides is 1. The van der Waals surface area contributed by atoms with Gasteiger partial charge in [0.1, 0.15) is 23.3 Å². The highest BCUT2D eigenvalue weighted by Crippen LogP contribution is 2.34. The van der Waals surface area contributed by atoms with Crippen molar-refractivity contribution in [2.24, 2.45) is 5.92 Å². The van der Waals surface area contributed by atoms with Crippen LogP contribution in [-0.2, 0) is 0 Å². The van der Waals surface area contributed by atoms with Crippen LogP contribution in [0.4, 0.5) is 28.9 Å². The lowest BCUT2D eigenvalue weighted by atomic mass is 9.95. The van der Waals surface area contributed by atoms with Crippen molar-refractivity contribution in [1.29, 1.82) is 0 Å². The molecule has 1 aliphatic heterocycles. The zero-order valence-corrected chi connectivity index (χ0v) is 19.4. The van der Waals surface area contributed by atoms with Crippen molar-refractivity contribution in [2.75, 3.05) is 29.9 Å². The van der Waals surface area contributed by atoms with Gasteiger partial charge in [0.15, 0.2) is 0 Å². The number of rotatable bonds is 6. The molecule has 0 unspecified atom stereocenters. The number of aromatic nitrogens is 1. The van der Waals surface area contributed by atoms with Crippen LogP contribution in [0.2, 0.25) is 0 Å². The average Bonchev–Trinajstić information content (AvgIpc) is 2.81. The third kappa shape index (κ3) is 5.14. The van der Waals surface area contributed by atoms with E-state index in [-0.39, 0.29) is 6.04 Å². The van der Waals surface area contributed by atoms with Gasteiger partial charge >= 0.3 is 0 Å². The molecule has 4 rings (SSSR count). The quantitative estimate of drug-likeness (QED) is 0.460. The number of carbonyl (C=O) groups excluding carboxylic acids is 1. The van der Waals surface area contributed by atoms with Crippen LogP contribution in [0.5, 0.6) is 0 Å². The number of nitrogens with one attached hydrogen (secondary N) is 2. The summed E-state index contributed by atoms with van der Waals surface area (Å²) in [6.07, 6.45) is 4.07. The summed E-state index contributed by atoms with van der Waals surface area (Å²) in [4.78, 5) is 19.2. The van der Waals surface area contributed by atoms with Crippen LogP contribution >= 0.6 is 0 Å². The Bertz CT molecular complexity index is 1220. The first kappa shape index (κ1) is 24.7. The number of benzene rings is 2. The van der Waals surface area contributed by atoms with Gasteiger partial charge in [0.25, 0.3) is 5.91 Å². The maximum atomic E-state index is 15.3. The van der Waals surface area contributed by atoms with Crippen LogP contribution in [0.25, 0.3) is 11.1 Å². The lowest BCUT2D eigenvalue weighted by Gasteiger charge is -2.39. The molecule has 1 aliphatic rings. The van der Waals surface area contributed by atoms with Crippen molar-refractivity contribution in [3.05, 3.63) is 77.6 Å². The Morgan fingerprint density at radius 2 is 1.74 bits per heavy atom. The zero-order chi connectivity index (χ0) is 25.1. The number of hydrogen-bond donors (Lipinski definition) is 2. The molecule has 0 aliphatic carbocycles. The molecule has 0 bridgehead atoms. The molecule has 2 atom stereocenters. The molecule has 35 heavy (non-hydrogen) atoms. The molecule has 184 valence electrons. The smallest absolute Gasteiger partial charge is 0.258 e. The molecule has 0 radical (unpaired) electrons. The molecular formula is C26H26F4N4O. The van der Waals surface area contributed by atoms with Gasteiger partial charge in [-0.3, -0.25) is 9.78 Å². The summed E-state index contributed by atoms with van der Waals surface area (Å²) in [7, 11) is 0. The van der Waals surface area contributed by atoms with E-state index in [1.807, 2.05) is 6.92 Å². The van der Waals surface area contributed by atoms with E-state index in [2.05, 4.69) is 27.4 Å². The Hall–Kier alpha value is -3.46. The maximum absolute atomic E-state index is 15.3. The molecule has 0 saturated carbocycles. The monoisotopic (exact) mass is 486 g/mol. The van der Waals surface area contributed by atoms with Crippen molar-refractivity contribution < 1.29 is 22.4 Å². The fourth-order valence-corrected chi connectivity index (χ4v) is 4.63. The first-order valence-corrected chi connectivity index (χ1v) is 11.5. The van der Waals surface area contributed by atoms with Gasteiger partial charge in [-0.05, 0) is 49.2 Å². The molecule has 5 nitrogen and oxygen atoms in total. The molecule has 2 N–H and O–H groups in total. The molecule has 1 saturated heterocycles. The summed E-state index contributed by atoms with van der Waals surface area (Å²) in [5.74, 6) is -5.29. The average molecular weight is 487 g/mol. The second kappa shape index (κ2) is 10.4. The predicted octanol–water partition coefficient (Wildman–Crippen LogP) is 5.38. The number of anilines is 2. The van der Waals surface area contributed by atoms with Crippen LogP contribution in [-0.4, -0.2) is 36.6 Å². The molecule has 1 aromatic heterocycles. The normalized spacial score (nSPS) is 17.9. The van der Waals surface area contributed by atoms with Crippen molar-refractivity contribution >= 4 is 17.3 Å². The summed E-state index contributed by atoms with van der Waals surface area (Å²) in [6, 6.07) is 6.68. The molecule has 1 fully saturated rings. The lowest BCUT2D eigenvalue weighted by molar-refractivity contribution is 0.102. The first-order chi connectivity index (χ1) is 16.8. The van der Waals surface area contributed by atoms with Crippen molar-refractivity contribution in [3.63, 3.8) is 0 Å². The minimum atomic E-state index is -1.35. The number of piperidine rings is 1. The van der Waals surface area contributed by atoms with Gasteiger partial charge < -0.3 is 15.5 Å². The van der Waals surface area contributed by atoms with E-state index in [0.29, 0.717) is 23.8 Å². The summed E-state index contributed by atoms with van der Waals surface area (Å²) in [5.41, 5.74) is -1.28. The number of likely N-dealkylation sites (N-methyl/N-ethyl adjacent to an activating group) is 1. The van der Waals surface area contributed by atoms with Crippen LogP contribution in [0.15, 0.2) is 48.8 Å². The van der Waals surface area contributed by atoms with E-state index < -0.39 is 45.9 Å². The summed E-state index contributed by atoms with van der Waals surface area (Å²) < 4.78 is 58.3. The lowest BCUT2D eigenvalue weighted by Crippen LogP contribution is -2.49. The Morgan fingerprint density at radius 3 is 2.46 bits per heavy atom. The number of halogens is 4. The Kier molecular flexibility index (Phi) is 7.35. The highest BCUT2D eigenvalue weighted by Gasteiger charge is 2.28. The third-order valence-electron chi connectivity index (χ3n) is 6.09. The van der Waals surface area contributed by atoms with Crippen LogP contribution in [0.3, 0.4) is 0 Å². The Balaban J connectivity index is 1.66. The van der Waals surface area contributed by atoms with Gasteiger partial charge in [-0.2, -0.15) is 0 Å². The van der Waals surface area contributed by atoms with E-state index >= 15 is 4.39 Å². The summed E-state index contributed by atoms with van der Waals surface area (Å²) in [6.45, 7) is 6.50. The van der Waals surface area contributed by atoms with Gasteiger partial charge in [0.05, 0.1) is 34.3 Å². The molecule has 3 aromatic rings. The minimum absolute atomic E-state index is 0.272. The van der Waals surface area contributed by atoms with Gasteiger partial charge in [-0.1, -0.05) is 19.9 Å². The van der Waals surface area contributed by atoms with Gasteiger partial charge in [-0.15, -0.1) is 0 Å². The number of nitrogens with zero attached hydrogens (tertiary/aromatic N) is 2. The van der Waals surface area contributed by atoms with Gasteiger partial charge in [0, 0.05) is 25.3 Å². The topological polar surface area (TPSA) is 57.3 Å². The molecule has 9 heteroatoms. The Morgan fingerprint density at radius 1 is 1.03 bits per heavy atom. The summed E-state index contributed by atoms with van der Waals surface area (Å²) in [5, 5.41) is 6.09. The first-order valence-electron chi connectivity index (χ1n) is 11.5. The van der Waals surface area contributed by atoms with Crippen molar-refractivity contribution in [2.45, 2.75) is 26.3 Å². The van der Waals surface area contributed by atoms with E-state index in [1.54, 1.807) is 12.3 Å². The fraction of sp³-hybridized carbons (Fsp3) is 0.308. The molecule has 0 spiro atoms. The van der Waals surface area contributed by atoms with E-state index in [4.69, 9.17) is 0 Å². The second-order valence-electron chi connectivity index (χ2n) is 8.73. The molecular weight excluding hydrogens is 460 g/mol. The number of pyridine rings is 1. The van der Waals surface area contributed by atoms with Crippen molar-refractivity contribution in [3.8, 4) is 11.1 Å². The SMILES string of the molecule is CCN[C@H]1C[C@@H](C)CN(c2ccncc2NC(=O)c2ccc(F)c(-c3c(F)cccc3F)c2F)C1. The van der Waals surface area contributed by atoms with Gasteiger partial charge in [-0.25, -0.2) is 17.6 Å². The highest BCUT2D eigenvalue weighted by atomic mass is 19.1. The number of carbonyl (C=O) groups is 1. The largest absolute Gasteiger partial charge is 0.368 e. The van der Waals surface area contributed by atoms with Crippen LogP contribution in [0.1, 0.15) is 30.6 Å². The second-order valence-corrected chi connectivity index (χ2v) is 8.73. The molecule has 2 heterocycles. The highest BCUT2D eigenvalue weighted by molar-refractivity contribution is 6.06. The minimum Gasteiger partial charge on any atom is -0.368 e. The third-order valence-corrected chi connectivity index (χ3v) is 6.09. The maximum Gasteiger partial charge on any atom is 0.258 e. The summed E-state index contributed by atoms with van der Waals surface area (Å²) >= 11 is 0. The van der Waals surface area contributed by atoms with E-state index in [1.165, 1.54) is 6.20 Å². The Labute approximate surface area is 201 Å². The van der Waals surface area contributed by atoms with Crippen molar-refractivity contribution in [1.82, 2.24) is 10.3 Å². The van der Waals surface area contributed by atoms with E-state index in [9.17, 15) is 18.0 Å². The van der Waals surface area contributed by atoms with E-state index in [0.717, 1.165) is 49.8 Å². The van der Waals surface area contributed by atoms with Gasteiger partial charge in [0.2, 0.25) is 0 Å².